The maximum atomic E-state index is 13.0. The molecule has 2 fully saturated rings. The van der Waals surface area contributed by atoms with Crippen LogP contribution in [0.4, 0.5) is 0 Å². The first kappa shape index (κ1) is 18.9. The first-order chi connectivity index (χ1) is 12.3. The van der Waals surface area contributed by atoms with Gasteiger partial charge in [0, 0.05) is 39.1 Å². The number of hydrogen-bond acceptors (Lipinski definition) is 3. The first-order valence-corrected chi connectivity index (χ1v) is 10.5. The van der Waals surface area contributed by atoms with Crippen LogP contribution in [0.5, 0.6) is 0 Å². The van der Waals surface area contributed by atoms with E-state index in [2.05, 4.69) is 22.0 Å². The molecule has 0 bridgehead atoms. The zero-order chi connectivity index (χ0) is 17.3. The van der Waals surface area contributed by atoms with Crippen LogP contribution in [0.15, 0.2) is 12.2 Å². The number of morpholine rings is 1. The van der Waals surface area contributed by atoms with Gasteiger partial charge < -0.3 is 9.64 Å². The van der Waals surface area contributed by atoms with Gasteiger partial charge in [-0.05, 0) is 43.9 Å². The molecule has 1 heterocycles. The lowest BCUT2D eigenvalue weighted by atomic mass is 9.86. The third-order valence-corrected chi connectivity index (χ3v) is 6.19. The van der Waals surface area contributed by atoms with Crippen LogP contribution in [-0.2, 0) is 9.53 Å². The Morgan fingerprint density at radius 1 is 1.04 bits per heavy atom. The average molecular weight is 349 g/mol. The second-order valence-corrected chi connectivity index (χ2v) is 8.15. The van der Waals surface area contributed by atoms with E-state index in [1.54, 1.807) is 0 Å². The van der Waals surface area contributed by atoms with Gasteiger partial charge in [0.25, 0.3) is 0 Å². The van der Waals surface area contributed by atoms with E-state index < -0.39 is 0 Å². The van der Waals surface area contributed by atoms with E-state index in [9.17, 15) is 4.79 Å². The zero-order valence-corrected chi connectivity index (χ0v) is 15.8. The van der Waals surface area contributed by atoms with Gasteiger partial charge in [-0.1, -0.05) is 31.4 Å². The van der Waals surface area contributed by atoms with Gasteiger partial charge in [0.2, 0.25) is 5.91 Å². The Morgan fingerprint density at radius 2 is 1.84 bits per heavy atom. The number of allylic oxidation sites excluding steroid dienone is 2. The molecule has 0 spiro atoms. The highest BCUT2D eigenvalue weighted by atomic mass is 16.5. The Balaban J connectivity index is 1.51. The van der Waals surface area contributed by atoms with E-state index >= 15 is 0 Å². The van der Waals surface area contributed by atoms with Gasteiger partial charge in [-0.15, -0.1) is 0 Å². The number of carbonyl (C=O) groups is 1. The summed E-state index contributed by atoms with van der Waals surface area (Å²) in [5.74, 6) is 1.71. The van der Waals surface area contributed by atoms with E-state index in [0.29, 0.717) is 17.7 Å². The quantitative estimate of drug-likeness (QED) is 0.661. The highest BCUT2D eigenvalue weighted by Gasteiger charge is 2.24. The van der Waals surface area contributed by atoms with Crippen molar-refractivity contribution in [2.24, 2.45) is 11.8 Å². The molecule has 4 heteroatoms. The van der Waals surface area contributed by atoms with E-state index in [1.165, 1.54) is 44.9 Å². The van der Waals surface area contributed by atoms with Crippen molar-refractivity contribution in [1.82, 2.24) is 9.80 Å². The minimum absolute atomic E-state index is 0.412. The lowest BCUT2D eigenvalue weighted by Gasteiger charge is -2.33. The van der Waals surface area contributed by atoms with Gasteiger partial charge in [0.15, 0.2) is 0 Å². The smallest absolute Gasteiger partial charge is 0.222 e. The molecule has 1 saturated heterocycles. The fraction of sp³-hybridized carbons (Fsp3) is 0.857. The molecule has 25 heavy (non-hydrogen) atoms. The second-order valence-electron chi connectivity index (χ2n) is 8.15. The Bertz CT molecular complexity index is 426. The van der Waals surface area contributed by atoms with Gasteiger partial charge in [0.1, 0.15) is 0 Å². The van der Waals surface area contributed by atoms with Crippen molar-refractivity contribution < 1.29 is 9.53 Å². The van der Waals surface area contributed by atoms with Crippen LogP contribution >= 0.6 is 0 Å². The molecule has 1 saturated carbocycles. The summed E-state index contributed by atoms with van der Waals surface area (Å²) in [4.78, 5) is 17.7. The van der Waals surface area contributed by atoms with Crippen LogP contribution in [0.1, 0.15) is 57.8 Å². The number of amides is 1. The maximum Gasteiger partial charge on any atom is 0.222 e. The predicted molar refractivity (Wildman–Crippen MR) is 102 cm³/mol. The Morgan fingerprint density at radius 3 is 2.56 bits per heavy atom. The number of ether oxygens (including phenoxy) is 1. The summed E-state index contributed by atoms with van der Waals surface area (Å²) < 4.78 is 5.45. The van der Waals surface area contributed by atoms with Crippen molar-refractivity contribution in [3.63, 3.8) is 0 Å². The van der Waals surface area contributed by atoms with Crippen LogP contribution in [0, 0.1) is 11.8 Å². The summed E-state index contributed by atoms with van der Waals surface area (Å²) in [7, 11) is 0. The lowest BCUT2D eigenvalue weighted by molar-refractivity contribution is -0.133. The first-order valence-electron chi connectivity index (χ1n) is 10.5. The van der Waals surface area contributed by atoms with Crippen molar-refractivity contribution in [2.75, 3.05) is 45.9 Å². The van der Waals surface area contributed by atoms with E-state index in [4.69, 9.17) is 4.74 Å². The van der Waals surface area contributed by atoms with Gasteiger partial charge in [-0.25, -0.2) is 0 Å². The van der Waals surface area contributed by atoms with Crippen molar-refractivity contribution >= 4 is 5.91 Å². The minimum atomic E-state index is 0.412. The SMILES string of the molecule is O=C(CC1CCCCC1)N(CCN1CCOCC1)CC1CC=CCC1. The molecular weight excluding hydrogens is 312 g/mol. The predicted octanol–water partition coefficient (Wildman–Crippen LogP) is 3.47. The second kappa shape index (κ2) is 10.3. The van der Waals surface area contributed by atoms with Crippen LogP contribution in [0.2, 0.25) is 0 Å². The zero-order valence-electron chi connectivity index (χ0n) is 15.8. The molecule has 0 radical (unpaired) electrons. The van der Waals surface area contributed by atoms with Crippen molar-refractivity contribution in [1.29, 1.82) is 0 Å². The summed E-state index contributed by atoms with van der Waals surface area (Å²) in [6, 6.07) is 0. The van der Waals surface area contributed by atoms with Gasteiger partial charge >= 0.3 is 0 Å². The van der Waals surface area contributed by atoms with Gasteiger partial charge in [-0.2, -0.15) is 0 Å². The molecule has 1 atom stereocenters. The summed E-state index contributed by atoms with van der Waals surface area (Å²) in [6.45, 7) is 6.55. The third-order valence-electron chi connectivity index (χ3n) is 6.19. The molecule has 3 aliphatic rings. The Kier molecular flexibility index (Phi) is 7.81. The van der Waals surface area contributed by atoms with Gasteiger partial charge in [0.05, 0.1) is 13.2 Å². The van der Waals surface area contributed by atoms with Crippen LogP contribution in [0.25, 0.3) is 0 Å². The maximum absolute atomic E-state index is 13.0. The van der Waals surface area contributed by atoms with Crippen molar-refractivity contribution in [3.8, 4) is 0 Å². The number of nitrogens with zero attached hydrogens (tertiary/aromatic N) is 2. The largest absolute Gasteiger partial charge is 0.379 e. The molecule has 1 amide bonds. The van der Waals surface area contributed by atoms with E-state index in [1.807, 2.05) is 0 Å². The Hall–Kier alpha value is -0.870. The molecule has 0 aromatic heterocycles. The van der Waals surface area contributed by atoms with Crippen molar-refractivity contribution in [2.45, 2.75) is 57.8 Å². The van der Waals surface area contributed by atoms with Crippen LogP contribution in [-0.4, -0.2) is 61.6 Å². The van der Waals surface area contributed by atoms with Gasteiger partial charge in [-0.3, -0.25) is 9.69 Å². The molecule has 3 rings (SSSR count). The fourth-order valence-electron chi connectivity index (χ4n) is 4.51. The van der Waals surface area contributed by atoms with E-state index in [0.717, 1.165) is 58.8 Å². The molecule has 4 nitrogen and oxygen atoms in total. The number of rotatable bonds is 7. The number of carbonyl (C=O) groups excluding carboxylic acids is 1. The fourth-order valence-corrected chi connectivity index (χ4v) is 4.51. The topological polar surface area (TPSA) is 32.8 Å². The third kappa shape index (κ3) is 6.41. The lowest BCUT2D eigenvalue weighted by Crippen LogP contribution is -2.44. The molecule has 0 N–H and O–H groups in total. The molecule has 0 aromatic carbocycles. The normalized spacial score (nSPS) is 25.8. The summed E-state index contributed by atoms with van der Waals surface area (Å²) >= 11 is 0. The monoisotopic (exact) mass is 348 g/mol. The molecule has 0 aromatic rings. The summed E-state index contributed by atoms with van der Waals surface area (Å²) in [5, 5.41) is 0. The van der Waals surface area contributed by atoms with Crippen molar-refractivity contribution in [3.05, 3.63) is 12.2 Å². The molecule has 2 aliphatic carbocycles. The molecule has 1 aliphatic heterocycles. The van der Waals surface area contributed by atoms with Crippen LogP contribution < -0.4 is 0 Å². The minimum Gasteiger partial charge on any atom is -0.379 e. The standard InChI is InChI=1S/C21H36N2O2/c24-21(17-19-7-3-1-4-8-19)23(18-20-9-5-2-6-10-20)12-11-22-13-15-25-16-14-22/h2,5,19-20H,1,3-4,6-18H2. The summed E-state index contributed by atoms with van der Waals surface area (Å²) in [5.41, 5.74) is 0. The Labute approximate surface area is 153 Å². The van der Waals surface area contributed by atoms with Crippen LogP contribution in [0.3, 0.4) is 0 Å². The summed E-state index contributed by atoms with van der Waals surface area (Å²) in [6.07, 6.45) is 15.5. The number of hydrogen-bond donors (Lipinski definition) is 0. The highest BCUT2D eigenvalue weighted by molar-refractivity contribution is 5.76. The highest BCUT2D eigenvalue weighted by Crippen LogP contribution is 2.27. The van der Waals surface area contributed by atoms with E-state index in [-0.39, 0.29) is 0 Å². The molecule has 142 valence electrons. The molecular formula is C21H36N2O2. The average Bonchev–Trinajstić information content (AvgIpc) is 2.67. The molecule has 1 unspecified atom stereocenters.